The van der Waals surface area contributed by atoms with Crippen molar-refractivity contribution in [1.82, 2.24) is 0 Å². The van der Waals surface area contributed by atoms with Crippen molar-refractivity contribution in [2.75, 3.05) is 11.5 Å². The van der Waals surface area contributed by atoms with E-state index in [1.54, 1.807) is 0 Å². The Labute approximate surface area is 65.9 Å². The number of hydrogen-bond acceptors (Lipinski definition) is 3. The third-order valence-corrected chi connectivity index (χ3v) is 2.18. The first-order valence-corrected chi connectivity index (χ1v) is 4.43. The number of aliphatic carboxylic acids is 1. The molecule has 0 amide bonds. The van der Waals surface area contributed by atoms with Gasteiger partial charge in [0.15, 0.2) is 9.84 Å². The third kappa shape index (κ3) is 5.96. The highest BCUT2D eigenvalue weighted by molar-refractivity contribution is 7.92. The average Bonchev–Trinajstić information content (AvgIpc) is 1.48. The first-order chi connectivity index (χ1) is 5.12. The summed E-state index contributed by atoms with van der Waals surface area (Å²) in [4.78, 5) is 9.75. The molecule has 0 aliphatic rings. The molecule has 0 aromatic rings. The number of sulfone groups is 1. The molecular weight excluding hydrogens is 201 g/mol. The van der Waals surface area contributed by atoms with Crippen molar-refractivity contribution in [1.29, 1.82) is 0 Å². The molecule has 72 valence electrons. The molecule has 4 nitrogen and oxygen atoms in total. The molecule has 0 rings (SSSR count). The quantitative estimate of drug-likeness (QED) is 0.708. The molecule has 0 aromatic carbocycles. The molecule has 0 radical (unpaired) electrons. The lowest BCUT2D eigenvalue weighted by Crippen LogP contribution is -2.27. The summed E-state index contributed by atoms with van der Waals surface area (Å²) in [6.45, 7) is 0. The van der Waals surface area contributed by atoms with Gasteiger partial charge < -0.3 is 5.11 Å². The van der Waals surface area contributed by atoms with Crippen LogP contribution in [0.2, 0.25) is 0 Å². The lowest BCUT2D eigenvalue weighted by atomic mass is 10.8. The lowest BCUT2D eigenvalue weighted by Gasteiger charge is -2.04. The van der Waals surface area contributed by atoms with E-state index >= 15 is 0 Å². The van der Waals surface area contributed by atoms with E-state index in [0.717, 1.165) is 0 Å². The molecule has 0 aliphatic heterocycles. The maximum absolute atomic E-state index is 11.4. The Kier molecular flexibility index (Phi) is 3.08. The first-order valence-electron chi connectivity index (χ1n) is 2.61. The molecule has 8 heteroatoms. The van der Waals surface area contributed by atoms with Gasteiger partial charge in [-0.2, -0.15) is 13.2 Å². The lowest BCUT2D eigenvalue weighted by molar-refractivity contribution is -0.134. The Morgan fingerprint density at radius 1 is 1.33 bits per heavy atom. The normalized spacial score (nSPS) is 12.9. The molecular formula is C4H5F3O4S. The molecule has 0 atom stereocenters. The van der Waals surface area contributed by atoms with Crippen LogP contribution in [-0.4, -0.2) is 37.2 Å². The highest BCUT2D eigenvalue weighted by Crippen LogP contribution is 2.17. The van der Waals surface area contributed by atoms with Crippen LogP contribution in [0.25, 0.3) is 0 Å². The summed E-state index contributed by atoms with van der Waals surface area (Å²) in [6.07, 6.45) is -4.88. The largest absolute Gasteiger partial charge is 0.480 e. The van der Waals surface area contributed by atoms with Gasteiger partial charge in [-0.15, -0.1) is 0 Å². The van der Waals surface area contributed by atoms with Crippen molar-refractivity contribution >= 4 is 15.8 Å². The van der Waals surface area contributed by atoms with E-state index in [0.29, 0.717) is 0 Å². The summed E-state index contributed by atoms with van der Waals surface area (Å²) >= 11 is 0. The Morgan fingerprint density at radius 3 is 2.00 bits per heavy atom. The standard InChI is InChI=1S/C4H5F3O4S/c5-4(6,7)2-12(10,11)1-3(8)9/h1-2H2,(H,8,9). The van der Waals surface area contributed by atoms with Gasteiger partial charge >= 0.3 is 12.1 Å². The summed E-state index contributed by atoms with van der Waals surface area (Å²) in [6, 6.07) is 0. The summed E-state index contributed by atoms with van der Waals surface area (Å²) in [5, 5.41) is 7.90. The molecule has 0 aliphatic carbocycles. The molecule has 0 aromatic heterocycles. The zero-order valence-electron chi connectivity index (χ0n) is 5.63. The molecule has 0 heterocycles. The van der Waals surface area contributed by atoms with Crippen molar-refractivity contribution in [3.8, 4) is 0 Å². The van der Waals surface area contributed by atoms with Crippen LogP contribution < -0.4 is 0 Å². The van der Waals surface area contributed by atoms with Gasteiger partial charge in [0.1, 0.15) is 11.5 Å². The van der Waals surface area contributed by atoms with Crippen LogP contribution in [0.5, 0.6) is 0 Å². The second-order valence-electron chi connectivity index (χ2n) is 2.04. The number of rotatable bonds is 3. The van der Waals surface area contributed by atoms with Crippen molar-refractivity contribution in [3.05, 3.63) is 0 Å². The minimum Gasteiger partial charge on any atom is -0.480 e. The van der Waals surface area contributed by atoms with E-state index in [1.807, 2.05) is 0 Å². The molecule has 0 fully saturated rings. The summed E-state index contributed by atoms with van der Waals surface area (Å²) < 4.78 is 55.0. The van der Waals surface area contributed by atoms with Crippen LogP contribution in [-0.2, 0) is 14.6 Å². The van der Waals surface area contributed by atoms with E-state index < -0.39 is 33.5 Å². The highest BCUT2D eigenvalue weighted by atomic mass is 32.2. The number of hydrogen-bond donors (Lipinski definition) is 1. The van der Waals surface area contributed by atoms with Crippen LogP contribution in [0.4, 0.5) is 13.2 Å². The predicted octanol–water partition coefficient (Wildman–Crippen LogP) is 0.0481. The smallest absolute Gasteiger partial charge is 0.402 e. The molecule has 0 saturated heterocycles. The average molecular weight is 206 g/mol. The summed E-state index contributed by atoms with van der Waals surface area (Å²) in [7, 11) is -4.56. The van der Waals surface area contributed by atoms with Crippen molar-refractivity contribution in [2.24, 2.45) is 0 Å². The molecule has 1 N–H and O–H groups in total. The topological polar surface area (TPSA) is 71.4 Å². The van der Waals surface area contributed by atoms with Gasteiger partial charge in [-0.3, -0.25) is 4.79 Å². The third-order valence-electron chi connectivity index (χ3n) is 0.727. The van der Waals surface area contributed by atoms with Gasteiger partial charge in [0.25, 0.3) is 0 Å². The van der Waals surface area contributed by atoms with Crippen molar-refractivity contribution in [2.45, 2.75) is 6.18 Å². The second kappa shape index (κ2) is 3.30. The van der Waals surface area contributed by atoms with Gasteiger partial charge in [0.2, 0.25) is 0 Å². The summed E-state index contributed by atoms with van der Waals surface area (Å²) in [5.74, 6) is -5.38. The van der Waals surface area contributed by atoms with Gasteiger partial charge in [0.05, 0.1) is 0 Å². The fourth-order valence-electron chi connectivity index (χ4n) is 0.489. The van der Waals surface area contributed by atoms with Crippen molar-refractivity contribution in [3.63, 3.8) is 0 Å². The Hall–Kier alpha value is -0.790. The van der Waals surface area contributed by atoms with Crippen LogP contribution in [0, 0.1) is 0 Å². The number of halogens is 3. The Bertz CT molecular complexity index is 265. The van der Waals surface area contributed by atoms with Crippen LogP contribution in [0.3, 0.4) is 0 Å². The van der Waals surface area contributed by atoms with Gasteiger partial charge in [0, 0.05) is 0 Å². The Morgan fingerprint density at radius 2 is 1.75 bits per heavy atom. The van der Waals surface area contributed by atoms with Crippen molar-refractivity contribution < 1.29 is 31.5 Å². The number of carboxylic acid groups (broad SMARTS) is 1. The van der Waals surface area contributed by atoms with E-state index in [1.165, 1.54) is 0 Å². The number of alkyl halides is 3. The fraction of sp³-hybridized carbons (Fsp3) is 0.750. The molecule has 0 unspecified atom stereocenters. The minimum absolute atomic E-state index is 1.49. The van der Waals surface area contributed by atoms with E-state index in [2.05, 4.69) is 0 Å². The zero-order valence-corrected chi connectivity index (χ0v) is 6.44. The summed E-state index contributed by atoms with van der Waals surface area (Å²) in [5.41, 5.74) is 0. The van der Waals surface area contributed by atoms with Gasteiger partial charge in [-0.25, -0.2) is 8.42 Å². The van der Waals surface area contributed by atoms with E-state index in [9.17, 15) is 26.4 Å². The Balaban J connectivity index is 4.36. The molecule has 0 saturated carbocycles. The zero-order chi connectivity index (χ0) is 9.99. The van der Waals surface area contributed by atoms with Gasteiger partial charge in [-0.05, 0) is 0 Å². The van der Waals surface area contributed by atoms with E-state index in [-0.39, 0.29) is 0 Å². The predicted molar refractivity (Wildman–Crippen MR) is 32.3 cm³/mol. The maximum Gasteiger partial charge on any atom is 0.402 e. The fourth-order valence-corrected chi connectivity index (χ4v) is 1.47. The second-order valence-corrected chi connectivity index (χ2v) is 4.11. The van der Waals surface area contributed by atoms with Gasteiger partial charge in [-0.1, -0.05) is 0 Å². The van der Waals surface area contributed by atoms with Crippen LogP contribution in [0.15, 0.2) is 0 Å². The highest BCUT2D eigenvalue weighted by Gasteiger charge is 2.35. The maximum atomic E-state index is 11.4. The molecule has 12 heavy (non-hydrogen) atoms. The van der Waals surface area contributed by atoms with Crippen LogP contribution in [0.1, 0.15) is 0 Å². The van der Waals surface area contributed by atoms with Crippen LogP contribution >= 0.6 is 0 Å². The molecule has 0 spiro atoms. The monoisotopic (exact) mass is 206 g/mol. The first kappa shape index (κ1) is 11.2. The number of carboxylic acids is 1. The minimum atomic E-state index is -4.88. The molecule has 0 bridgehead atoms. The SMILES string of the molecule is O=C(O)CS(=O)(=O)CC(F)(F)F. The van der Waals surface area contributed by atoms with E-state index in [4.69, 9.17) is 5.11 Å². The number of carbonyl (C=O) groups is 1.